The monoisotopic (exact) mass is 446 g/mol. The van der Waals surface area contributed by atoms with E-state index in [-0.39, 0.29) is 16.9 Å². The molecule has 0 atom stereocenters. The maximum absolute atomic E-state index is 14.4. The van der Waals surface area contributed by atoms with Crippen LogP contribution in [0.3, 0.4) is 0 Å². The van der Waals surface area contributed by atoms with Gasteiger partial charge in [-0.15, -0.1) is 0 Å². The first-order valence-electron chi connectivity index (χ1n) is 8.94. The lowest BCUT2D eigenvalue weighted by atomic mass is 10.0. The third-order valence-electron chi connectivity index (χ3n) is 4.51. The largest absolute Gasteiger partial charge is 0.429 e. The van der Waals surface area contributed by atoms with Gasteiger partial charge in [0.25, 0.3) is 0 Å². The minimum atomic E-state index is -5.21. The second-order valence-electron chi connectivity index (χ2n) is 6.62. The van der Waals surface area contributed by atoms with Crippen LogP contribution in [0.2, 0.25) is 0 Å². The third kappa shape index (κ3) is 4.81. The summed E-state index contributed by atoms with van der Waals surface area (Å²) in [5.41, 5.74) is -2.65. The summed E-state index contributed by atoms with van der Waals surface area (Å²) in [4.78, 5) is 0. The van der Waals surface area contributed by atoms with Crippen LogP contribution in [-0.4, -0.2) is 0 Å². The van der Waals surface area contributed by atoms with Crippen molar-refractivity contribution in [1.29, 1.82) is 0 Å². The van der Waals surface area contributed by atoms with Gasteiger partial charge in [-0.05, 0) is 59.5 Å². The van der Waals surface area contributed by atoms with E-state index in [2.05, 4.69) is 4.74 Å². The van der Waals surface area contributed by atoms with Crippen molar-refractivity contribution in [3.8, 4) is 16.9 Å². The van der Waals surface area contributed by atoms with Gasteiger partial charge in [0.05, 0.1) is 5.56 Å². The Bertz CT molecular complexity index is 1060. The highest BCUT2D eigenvalue weighted by atomic mass is 19.4. The molecule has 3 aromatic carbocycles. The van der Waals surface area contributed by atoms with Crippen LogP contribution < -0.4 is 4.74 Å². The van der Waals surface area contributed by atoms with Crippen LogP contribution in [0.25, 0.3) is 11.1 Å². The second-order valence-corrected chi connectivity index (χ2v) is 6.62. The summed E-state index contributed by atoms with van der Waals surface area (Å²) in [6.45, 7) is 1.74. The number of hydrogen-bond donors (Lipinski definition) is 0. The summed E-state index contributed by atoms with van der Waals surface area (Å²) in [6, 6.07) is 8.51. The minimum absolute atomic E-state index is 0.0562. The third-order valence-corrected chi connectivity index (χ3v) is 4.51. The lowest BCUT2D eigenvalue weighted by molar-refractivity contribution is -0.187. The molecule has 9 heteroatoms. The molecule has 0 aliphatic rings. The Balaban J connectivity index is 1.85. The van der Waals surface area contributed by atoms with Crippen molar-refractivity contribution in [2.45, 2.75) is 25.6 Å². The molecule has 0 unspecified atom stereocenters. The van der Waals surface area contributed by atoms with E-state index in [1.54, 1.807) is 6.92 Å². The van der Waals surface area contributed by atoms with E-state index in [1.807, 2.05) is 0 Å². The Hall–Kier alpha value is -3.10. The highest BCUT2D eigenvalue weighted by Gasteiger charge is 2.39. The summed E-state index contributed by atoms with van der Waals surface area (Å²) in [6.07, 6.45) is -8.76. The van der Waals surface area contributed by atoms with E-state index in [4.69, 9.17) is 0 Å². The molecule has 0 spiro atoms. The number of ether oxygens (including phenoxy) is 1. The Morgan fingerprint density at radius 3 is 1.77 bits per heavy atom. The number of hydrogen-bond acceptors (Lipinski definition) is 1. The predicted octanol–water partition coefficient (Wildman–Crippen LogP) is 7.48. The Morgan fingerprint density at radius 2 is 1.29 bits per heavy atom. The molecule has 0 heterocycles. The van der Waals surface area contributed by atoms with Crippen molar-refractivity contribution in [2.24, 2.45) is 0 Å². The fourth-order valence-electron chi connectivity index (χ4n) is 2.94. The first-order valence-corrected chi connectivity index (χ1v) is 8.94. The van der Waals surface area contributed by atoms with Crippen LogP contribution in [0.5, 0.6) is 5.75 Å². The van der Waals surface area contributed by atoms with E-state index in [0.717, 1.165) is 36.4 Å². The molecule has 0 amide bonds. The zero-order valence-electron chi connectivity index (χ0n) is 15.8. The molecule has 0 aliphatic carbocycles. The first-order chi connectivity index (χ1) is 14.4. The normalized spacial score (nSPS) is 12.2. The quantitative estimate of drug-likeness (QED) is 0.369. The molecule has 0 saturated carbocycles. The molecular weight excluding hydrogens is 432 g/mol. The lowest BCUT2D eigenvalue weighted by Gasteiger charge is -2.19. The Kier molecular flexibility index (Phi) is 5.98. The van der Waals surface area contributed by atoms with Crippen LogP contribution in [-0.2, 0) is 18.7 Å². The lowest BCUT2D eigenvalue weighted by Crippen LogP contribution is -2.23. The average molecular weight is 446 g/mol. The van der Waals surface area contributed by atoms with Gasteiger partial charge in [0.2, 0.25) is 0 Å². The van der Waals surface area contributed by atoms with Gasteiger partial charge in [-0.3, -0.25) is 0 Å². The molecule has 164 valence electrons. The van der Waals surface area contributed by atoms with Gasteiger partial charge >= 0.3 is 12.3 Å². The van der Waals surface area contributed by atoms with Crippen LogP contribution in [0.4, 0.5) is 35.1 Å². The highest BCUT2D eigenvalue weighted by Crippen LogP contribution is 2.37. The van der Waals surface area contributed by atoms with Gasteiger partial charge in [0.15, 0.2) is 0 Å². The molecule has 3 aromatic rings. The van der Waals surface area contributed by atoms with Crippen LogP contribution in [0, 0.1) is 17.5 Å². The van der Waals surface area contributed by atoms with Crippen molar-refractivity contribution in [3.05, 3.63) is 88.7 Å². The van der Waals surface area contributed by atoms with Crippen molar-refractivity contribution >= 4 is 0 Å². The highest BCUT2D eigenvalue weighted by molar-refractivity contribution is 5.65. The zero-order chi connectivity index (χ0) is 23.0. The number of benzene rings is 3. The minimum Gasteiger partial charge on any atom is -0.429 e. The molecule has 3 rings (SSSR count). The predicted molar refractivity (Wildman–Crippen MR) is 97.1 cm³/mol. The number of halogens is 8. The van der Waals surface area contributed by atoms with E-state index in [1.165, 1.54) is 6.07 Å². The van der Waals surface area contributed by atoms with Crippen LogP contribution >= 0.6 is 0 Å². The van der Waals surface area contributed by atoms with Gasteiger partial charge < -0.3 is 4.74 Å². The second kappa shape index (κ2) is 8.20. The van der Waals surface area contributed by atoms with E-state index < -0.39 is 40.9 Å². The van der Waals surface area contributed by atoms with Gasteiger partial charge in [0.1, 0.15) is 28.8 Å². The summed E-state index contributed by atoms with van der Waals surface area (Å²) < 4.78 is 113. The molecule has 0 bridgehead atoms. The van der Waals surface area contributed by atoms with Gasteiger partial charge in [0, 0.05) is 0 Å². The van der Waals surface area contributed by atoms with Crippen molar-refractivity contribution < 1.29 is 39.9 Å². The van der Waals surface area contributed by atoms with E-state index in [0.29, 0.717) is 24.1 Å². The van der Waals surface area contributed by atoms with Crippen LogP contribution in [0.1, 0.15) is 23.6 Å². The van der Waals surface area contributed by atoms with Gasteiger partial charge in [-0.1, -0.05) is 25.1 Å². The number of aryl methyl sites for hydroxylation is 1. The SMILES string of the molecule is CCc1ccc(C(F)(F)Oc2ccc(-c3cc(F)c(C(F)(F)F)c(F)c3)cc2)c(F)c1. The summed E-state index contributed by atoms with van der Waals surface area (Å²) >= 11 is 0. The molecule has 0 aliphatic heterocycles. The maximum Gasteiger partial charge on any atom is 0.429 e. The Labute approximate surface area is 171 Å². The summed E-state index contributed by atoms with van der Waals surface area (Å²) in [7, 11) is 0. The zero-order valence-corrected chi connectivity index (χ0v) is 15.8. The average Bonchev–Trinajstić information content (AvgIpc) is 2.66. The summed E-state index contributed by atoms with van der Waals surface area (Å²) in [5, 5.41) is 0. The van der Waals surface area contributed by atoms with Crippen molar-refractivity contribution in [2.75, 3.05) is 0 Å². The van der Waals surface area contributed by atoms with E-state index >= 15 is 0 Å². The molecule has 0 saturated heterocycles. The molecule has 0 radical (unpaired) electrons. The maximum atomic E-state index is 14.4. The van der Waals surface area contributed by atoms with Gasteiger partial charge in [-0.2, -0.15) is 22.0 Å². The molecule has 1 nitrogen and oxygen atoms in total. The fraction of sp³-hybridized carbons (Fsp3) is 0.182. The molecular formula is C22H14F8O. The topological polar surface area (TPSA) is 9.23 Å². The smallest absolute Gasteiger partial charge is 0.429 e. The fourth-order valence-corrected chi connectivity index (χ4v) is 2.94. The first kappa shape index (κ1) is 22.6. The van der Waals surface area contributed by atoms with Crippen molar-refractivity contribution in [3.63, 3.8) is 0 Å². The van der Waals surface area contributed by atoms with E-state index in [9.17, 15) is 35.1 Å². The number of alkyl halides is 5. The Morgan fingerprint density at radius 1 is 0.710 bits per heavy atom. The standard InChI is InChI=1S/C22H14F8O/c1-2-12-3-8-16(17(23)9-12)22(29,30)31-15-6-4-13(5-7-15)14-10-18(24)20(19(25)11-14)21(26,27)28/h3-11H,2H2,1H3. The molecule has 0 fully saturated rings. The summed E-state index contributed by atoms with van der Waals surface area (Å²) in [5.74, 6) is -5.14. The van der Waals surface area contributed by atoms with Crippen LogP contribution in [0.15, 0.2) is 54.6 Å². The molecule has 31 heavy (non-hydrogen) atoms. The molecule has 0 aromatic heterocycles. The van der Waals surface area contributed by atoms with Gasteiger partial charge in [-0.25, -0.2) is 13.2 Å². The van der Waals surface area contributed by atoms with Crippen molar-refractivity contribution in [1.82, 2.24) is 0 Å². The molecule has 0 N–H and O–H groups in total. The number of rotatable bonds is 5.